The number of rotatable bonds is 4. The van der Waals surface area contributed by atoms with Crippen LogP contribution in [0.15, 0.2) is 24.3 Å². The van der Waals surface area contributed by atoms with E-state index in [1.807, 2.05) is 6.92 Å². The summed E-state index contributed by atoms with van der Waals surface area (Å²) in [4.78, 5) is 11.9. The average molecular weight is 220 g/mol. The van der Waals surface area contributed by atoms with E-state index in [0.717, 1.165) is 6.42 Å². The summed E-state index contributed by atoms with van der Waals surface area (Å²) >= 11 is 0. The van der Waals surface area contributed by atoms with E-state index >= 15 is 0 Å². The molecule has 3 heteroatoms. The SMILES string of the molecule is CCC(C)C(C)NC(=O)c1cccc(N)c1. The summed E-state index contributed by atoms with van der Waals surface area (Å²) in [5.74, 6) is 0.421. The largest absolute Gasteiger partial charge is 0.399 e. The van der Waals surface area contributed by atoms with Gasteiger partial charge in [0, 0.05) is 17.3 Å². The quantitative estimate of drug-likeness (QED) is 0.766. The van der Waals surface area contributed by atoms with Crippen molar-refractivity contribution < 1.29 is 4.79 Å². The van der Waals surface area contributed by atoms with E-state index < -0.39 is 0 Å². The van der Waals surface area contributed by atoms with E-state index in [9.17, 15) is 4.79 Å². The number of anilines is 1. The van der Waals surface area contributed by atoms with Crippen LogP contribution in [0, 0.1) is 5.92 Å². The second-order valence-electron chi connectivity index (χ2n) is 4.27. The Kier molecular flexibility index (Phi) is 4.35. The van der Waals surface area contributed by atoms with Gasteiger partial charge in [0.1, 0.15) is 0 Å². The Morgan fingerprint density at radius 1 is 1.44 bits per heavy atom. The molecular formula is C13H20N2O. The van der Waals surface area contributed by atoms with Crippen molar-refractivity contribution in [2.24, 2.45) is 5.92 Å². The van der Waals surface area contributed by atoms with Crippen molar-refractivity contribution in [3.05, 3.63) is 29.8 Å². The molecule has 0 fully saturated rings. The number of benzene rings is 1. The van der Waals surface area contributed by atoms with Crippen LogP contribution in [0.4, 0.5) is 5.69 Å². The van der Waals surface area contributed by atoms with E-state index in [1.165, 1.54) is 0 Å². The third-order valence-electron chi connectivity index (χ3n) is 3.01. The summed E-state index contributed by atoms with van der Waals surface area (Å²) in [6.07, 6.45) is 1.05. The van der Waals surface area contributed by atoms with Gasteiger partial charge in [0.15, 0.2) is 0 Å². The molecule has 3 N–H and O–H groups in total. The molecule has 0 saturated carbocycles. The smallest absolute Gasteiger partial charge is 0.251 e. The molecule has 16 heavy (non-hydrogen) atoms. The summed E-state index contributed by atoms with van der Waals surface area (Å²) in [5.41, 5.74) is 6.87. The minimum absolute atomic E-state index is 0.0555. The molecule has 88 valence electrons. The number of carbonyl (C=O) groups excluding carboxylic acids is 1. The molecular weight excluding hydrogens is 200 g/mol. The lowest BCUT2D eigenvalue weighted by Gasteiger charge is -2.19. The third-order valence-corrected chi connectivity index (χ3v) is 3.01. The number of nitrogens with one attached hydrogen (secondary N) is 1. The van der Waals surface area contributed by atoms with Crippen LogP contribution in [0.2, 0.25) is 0 Å². The molecule has 0 aliphatic carbocycles. The van der Waals surface area contributed by atoms with Crippen LogP contribution in [0.1, 0.15) is 37.6 Å². The maximum Gasteiger partial charge on any atom is 0.251 e. The van der Waals surface area contributed by atoms with Crippen LogP contribution >= 0.6 is 0 Å². The van der Waals surface area contributed by atoms with Crippen LogP contribution in [0.5, 0.6) is 0 Å². The van der Waals surface area contributed by atoms with Gasteiger partial charge in [-0.15, -0.1) is 0 Å². The van der Waals surface area contributed by atoms with Crippen LogP contribution < -0.4 is 11.1 Å². The zero-order valence-corrected chi connectivity index (χ0v) is 10.2. The van der Waals surface area contributed by atoms with E-state index in [-0.39, 0.29) is 11.9 Å². The number of carbonyl (C=O) groups is 1. The summed E-state index contributed by atoms with van der Waals surface area (Å²) < 4.78 is 0. The Morgan fingerprint density at radius 3 is 2.69 bits per heavy atom. The fraction of sp³-hybridized carbons (Fsp3) is 0.462. The fourth-order valence-electron chi connectivity index (χ4n) is 1.47. The average Bonchev–Trinajstić information content (AvgIpc) is 2.27. The van der Waals surface area contributed by atoms with E-state index in [4.69, 9.17) is 5.73 Å². The number of amides is 1. The molecule has 0 spiro atoms. The highest BCUT2D eigenvalue weighted by atomic mass is 16.1. The summed E-state index contributed by atoms with van der Waals surface area (Å²) in [6, 6.07) is 7.21. The monoisotopic (exact) mass is 220 g/mol. The van der Waals surface area contributed by atoms with Gasteiger partial charge >= 0.3 is 0 Å². The number of nitrogen functional groups attached to an aromatic ring is 1. The molecule has 1 aromatic carbocycles. The Hall–Kier alpha value is -1.51. The number of nitrogens with two attached hydrogens (primary N) is 1. The molecule has 1 amide bonds. The molecule has 0 radical (unpaired) electrons. The van der Waals surface area contributed by atoms with Gasteiger partial charge in [-0.1, -0.05) is 26.3 Å². The predicted octanol–water partition coefficient (Wildman–Crippen LogP) is 2.43. The molecule has 0 heterocycles. The van der Waals surface area contributed by atoms with Crippen molar-refractivity contribution in [1.29, 1.82) is 0 Å². The first-order chi connectivity index (χ1) is 7.54. The lowest BCUT2D eigenvalue weighted by molar-refractivity contribution is 0.0928. The van der Waals surface area contributed by atoms with Gasteiger partial charge in [-0.3, -0.25) is 4.79 Å². The third kappa shape index (κ3) is 3.26. The highest BCUT2D eigenvalue weighted by Crippen LogP contribution is 2.10. The van der Waals surface area contributed by atoms with Gasteiger partial charge in [0.2, 0.25) is 0 Å². The van der Waals surface area contributed by atoms with Crippen molar-refractivity contribution in [2.45, 2.75) is 33.2 Å². The lowest BCUT2D eigenvalue weighted by Crippen LogP contribution is -2.36. The van der Waals surface area contributed by atoms with E-state index in [1.54, 1.807) is 24.3 Å². The molecule has 0 saturated heterocycles. The molecule has 2 unspecified atom stereocenters. The number of hydrogen-bond donors (Lipinski definition) is 2. The topological polar surface area (TPSA) is 55.1 Å². The zero-order valence-electron chi connectivity index (χ0n) is 10.2. The molecule has 0 aliphatic rings. The van der Waals surface area contributed by atoms with Gasteiger partial charge < -0.3 is 11.1 Å². The van der Waals surface area contributed by atoms with Crippen LogP contribution in [-0.4, -0.2) is 11.9 Å². The van der Waals surface area contributed by atoms with Crippen LogP contribution in [0.25, 0.3) is 0 Å². The molecule has 0 aliphatic heterocycles. The Bertz CT molecular complexity index is 363. The zero-order chi connectivity index (χ0) is 12.1. The first kappa shape index (κ1) is 12.6. The lowest BCUT2D eigenvalue weighted by atomic mass is 10.0. The van der Waals surface area contributed by atoms with Gasteiger partial charge in [-0.05, 0) is 31.0 Å². The number of hydrogen-bond acceptors (Lipinski definition) is 2. The summed E-state index contributed by atoms with van der Waals surface area (Å²) in [5, 5.41) is 2.98. The van der Waals surface area contributed by atoms with Gasteiger partial charge in [-0.2, -0.15) is 0 Å². The minimum atomic E-state index is -0.0555. The summed E-state index contributed by atoms with van der Waals surface area (Å²) in [7, 11) is 0. The Morgan fingerprint density at radius 2 is 2.12 bits per heavy atom. The molecule has 3 nitrogen and oxygen atoms in total. The second-order valence-corrected chi connectivity index (χ2v) is 4.27. The van der Waals surface area contributed by atoms with Gasteiger partial charge in [0.25, 0.3) is 5.91 Å². The summed E-state index contributed by atoms with van der Waals surface area (Å²) in [6.45, 7) is 6.27. The molecule has 1 rings (SSSR count). The highest BCUT2D eigenvalue weighted by Gasteiger charge is 2.14. The first-order valence-electron chi connectivity index (χ1n) is 5.71. The van der Waals surface area contributed by atoms with Crippen molar-refractivity contribution in [3.8, 4) is 0 Å². The maximum absolute atomic E-state index is 11.9. The Labute approximate surface area is 97.0 Å². The Balaban J connectivity index is 2.66. The molecule has 1 aromatic rings. The van der Waals surface area contributed by atoms with Crippen molar-refractivity contribution >= 4 is 11.6 Å². The maximum atomic E-state index is 11.9. The fourth-order valence-corrected chi connectivity index (χ4v) is 1.47. The standard InChI is InChI=1S/C13H20N2O/c1-4-9(2)10(3)15-13(16)11-6-5-7-12(14)8-11/h5-10H,4,14H2,1-3H3,(H,15,16). The molecule has 2 atom stereocenters. The van der Waals surface area contributed by atoms with E-state index in [2.05, 4.69) is 19.2 Å². The molecule has 0 bridgehead atoms. The van der Waals surface area contributed by atoms with Gasteiger partial charge in [0.05, 0.1) is 0 Å². The van der Waals surface area contributed by atoms with Gasteiger partial charge in [-0.25, -0.2) is 0 Å². The predicted molar refractivity (Wildman–Crippen MR) is 67.2 cm³/mol. The van der Waals surface area contributed by atoms with Crippen LogP contribution in [-0.2, 0) is 0 Å². The van der Waals surface area contributed by atoms with Crippen molar-refractivity contribution in [1.82, 2.24) is 5.32 Å². The second kappa shape index (κ2) is 5.54. The molecule has 0 aromatic heterocycles. The highest BCUT2D eigenvalue weighted by molar-refractivity contribution is 5.95. The minimum Gasteiger partial charge on any atom is -0.399 e. The van der Waals surface area contributed by atoms with E-state index in [0.29, 0.717) is 17.2 Å². The first-order valence-corrected chi connectivity index (χ1v) is 5.71. The normalized spacial score (nSPS) is 14.2. The van der Waals surface area contributed by atoms with Crippen molar-refractivity contribution in [2.75, 3.05) is 5.73 Å². The van der Waals surface area contributed by atoms with Crippen LogP contribution in [0.3, 0.4) is 0 Å². The van der Waals surface area contributed by atoms with Crippen molar-refractivity contribution in [3.63, 3.8) is 0 Å².